The molecule has 10 nitrogen and oxygen atoms in total. The van der Waals surface area contributed by atoms with Crippen LogP contribution in [0.25, 0.3) is 0 Å². The molecule has 0 heterocycles. The van der Waals surface area contributed by atoms with Crippen molar-refractivity contribution in [2.45, 2.75) is 24.7 Å². The molecule has 0 atom stereocenters. The van der Waals surface area contributed by atoms with E-state index in [1.807, 2.05) is 6.92 Å². The van der Waals surface area contributed by atoms with Crippen molar-refractivity contribution in [3.63, 3.8) is 0 Å². The fourth-order valence-electron chi connectivity index (χ4n) is 1.95. The molecular weight excluding hydrogens is 480 g/mol. The minimum Gasteiger partial charge on any atom is -0.784 e. The van der Waals surface area contributed by atoms with Crippen molar-refractivity contribution in [2.75, 3.05) is 37.8 Å². The molecule has 1 aromatic rings. The van der Waals surface area contributed by atoms with Gasteiger partial charge in [0, 0.05) is 25.4 Å². The van der Waals surface area contributed by atoms with E-state index in [0.29, 0.717) is 31.9 Å². The Hall–Kier alpha value is 1.07. The van der Waals surface area contributed by atoms with Crippen LogP contribution in [0, 0.1) is 0 Å². The monoisotopic (exact) mass is 504 g/mol. The number of aryl methyl sites for hydroxylation is 1. The number of benzene rings is 1. The second-order valence-corrected chi connectivity index (χ2v) is 9.58. The van der Waals surface area contributed by atoms with Crippen LogP contribution in [0.5, 0.6) is 0 Å². The van der Waals surface area contributed by atoms with Crippen molar-refractivity contribution < 1.29 is 98.6 Å². The van der Waals surface area contributed by atoms with Crippen molar-refractivity contribution in [1.82, 2.24) is 5.32 Å². The van der Waals surface area contributed by atoms with Crippen LogP contribution in [-0.4, -0.2) is 72.5 Å². The fourth-order valence-corrected chi connectivity index (χ4v) is 3.63. The Bertz CT molecular complexity index is 784. The molecular formula is C15H24NNa2O9S3-. The number of rotatable bonds is 12. The van der Waals surface area contributed by atoms with Gasteiger partial charge in [-0.05, 0) is 30.5 Å². The van der Waals surface area contributed by atoms with Crippen LogP contribution in [-0.2, 0) is 42.5 Å². The molecule has 0 saturated carbocycles. The van der Waals surface area contributed by atoms with Crippen LogP contribution >= 0.6 is 0 Å². The third-order valence-corrected chi connectivity index (χ3v) is 5.68. The predicted molar refractivity (Wildman–Crippen MR) is 100 cm³/mol. The second kappa shape index (κ2) is 19.5. The molecule has 164 valence electrons. The standard InChI is InChI=1S/C15H25NO6S2.2Na.H2O3S/c1-2-10-22-11-8-16-9-13-23(17,18)15-5-3-14(4-6-15)7-12-24(19,20)21;;;1-4(2)3/h3-6,16H,2,7-13H2,1H3,(H,19,20,21);;;(H2,1,2,3)/q;2*+1;/p-3. The quantitative estimate of drug-likeness (QED) is 0.125. The summed E-state index contributed by atoms with van der Waals surface area (Å²) in [6, 6.07) is 5.94. The molecule has 0 spiro atoms. The van der Waals surface area contributed by atoms with Gasteiger partial charge in [0.1, 0.15) is 0 Å². The van der Waals surface area contributed by atoms with Gasteiger partial charge < -0.3 is 23.7 Å². The molecule has 0 saturated heterocycles. The van der Waals surface area contributed by atoms with Gasteiger partial charge in [-0.25, -0.2) is 16.8 Å². The van der Waals surface area contributed by atoms with E-state index in [4.69, 9.17) is 18.1 Å². The molecule has 1 N–H and O–H groups in total. The van der Waals surface area contributed by atoms with Crippen LogP contribution in [0.15, 0.2) is 29.2 Å². The van der Waals surface area contributed by atoms with Gasteiger partial charge in [-0.1, -0.05) is 19.1 Å². The van der Waals surface area contributed by atoms with E-state index in [-0.39, 0.29) is 76.2 Å². The second-order valence-electron chi connectivity index (χ2n) is 5.54. The van der Waals surface area contributed by atoms with Crippen LogP contribution in [0.2, 0.25) is 0 Å². The minimum absolute atomic E-state index is 0. The molecule has 0 aromatic heterocycles. The zero-order valence-corrected chi connectivity index (χ0v) is 23.8. The van der Waals surface area contributed by atoms with Crippen molar-refractivity contribution in [3.8, 4) is 0 Å². The summed E-state index contributed by atoms with van der Waals surface area (Å²) >= 11 is -3.11. The topological polar surface area (TPSA) is 176 Å². The van der Waals surface area contributed by atoms with Gasteiger partial charge in [0.15, 0.2) is 9.84 Å². The summed E-state index contributed by atoms with van der Waals surface area (Å²) in [5.41, 5.74) is 0.611. The van der Waals surface area contributed by atoms with Gasteiger partial charge in [0.05, 0.1) is 27.4 Å². The first-order valence-electron chi connectivity index (χ1n) is 8.28. The Balaban J connectivity index is -0.00000111. The molecule has 0 aliphatic heterocycles. The third kappa shape index (κ3) is 20.9. The number of nitrogens with one attached hydrogen (secondary N) is 1. The average molecular weight is 505 g/mol. The molecule has 0 aliphatic rings. The van der Waals surface area contributed by atoms with Crippen LogP contribution in [0.1, 0.15) is 18.9 Å². The zero-order chi connectivity index (χ0) is 21.6. The molecule has 0 bridgehead atoms. The molecule has 15 heteroatoms. The normalized spacial score (nSPS) is 11.1. The predicted octanol–water partition coefficient (Wildman–Crippen LogP) is -6.43. The maximum atomic E-state index is 12.2. The molecule has 0 unspecified atom stereocenters. The summed E-state index contributed by atoms with van der Waals surface area (Å²) in [6.45, 7) is 4.18. The van der Waals surface area contributed by atoms with Gasteiger partial charge in [-0.2, -0.15) is 0 Å². The first-order chi connectivity index (χ1) is 13.0. The molecule has 1 rings (SSSR count). The summed E-state index contributed by atoms with van der Waals surface area (Å²) in [5, 5.41) is 3.01. The smallest absolute Gasteiger partial charge is 0.784 e. The van der Waals surface area contributed by atoms with E-state index >= 15 is 0 Å². The Labute approximate surface area is 225 Å². The summed E-state index contributed by atoms with van der Waals surface area (Å²) in [6.07, 6.45) is 1.02. The van der Waals surface area contributed by atoms with E-state index < -0.39 is 37.1 Å². The molecule has 0 amide bonds. The third-order valence-electron chi connectivity index (χ3n) is 3.24. The average Bonchev–Trinajstić information content (AvgIpc) is 2.58. The van der Waals surface area contributed by atoms with E-state index in [2.05, 4.69) is 5.32 Å². The van der Waals surface area contributed by atoms with Gasteiger partial charge in [-0.3, -0.25) is 4.21 Å². The largest absolute Gasteiger partial charge is 1.00 e. The Morgan fingerprint density at radius 1 is 0.967 bits per heavy atom. The first kappa shape index (κ1) is 35.7. The molecule has 0 fully saturated rings. The maximum Gasteiger partial charge on any atom is 1.00 e. The molecule has 0 aliphatic carbocycles. The molecule has 30 heavy (non-hydrogen) atoms. The van der Waals surface area contributed by atoms with E-state index in [1.54, 1.807) is 0 Å². The van der Waals surface area contributed by atoms with E-state index in [1.165, 1.54) is 24.3 Å². The zero-order valence-electron chi connectivity index (χ0n) is 17.4. The van der Waals surface area contributed by atoms with Gasteiger partial charge in [-0.15, -0.1) is 11.4 Å². The van der Waals surface area contributed by atoms with Crippen LogP contribution < -0.4 is 64.4 Å². The Kier molecular flexibility index (Phi) is 23.2. The van der Waals surface area contributed by atoms with Crippen molar-refractivity contribution in [1.29, 1.82) is 0 Å². The number of hydrogen-bond donors (Lipinski definition) is 1. The van der Waals surface area contributed by atoms with E-state index in [9.17, 15) is 21.4 Å². The number of ether oxygens (including phenoxy) is 1. The van der Waals surface area contributed by atoms with Gasteiger partial charge >= 0.3 is 59.1 Å². The number of hydrogen-bond acceptors (Lipinski definition) is 10. The van der Waals surface area contributed by atoms with Crippen molar-refractivity contribution >= 4 is 31.3 Å². The summed E-state index contributed by atoms with van der Waals surface area (Å²) in [4.78, 5) is 0.181. The summed E-state index contributed by atoms with van der Waals surface area (Å²) < 4.78 is 86.8. The van der Waals surface area contributed by atoms with Crippen LogP contribution in [0.3, 0.4) is 0 Å². The fraction of sp³-hybridized carbons (Fsp3) is 0.600. The van der Waals surface area contributed by atoms with Gasteiger partial charge in [0.25, 0.3) is 0 Å². The Morgan fingerprint density at radius 3 is 1.97 bits per heavy atom. The van der Waals surface area contributed by atoms with Crippen molar-refractivity contribution in [2.24, 2.45) is 0 Å². The van der Waals surface area contributed by atoms with Gasteiger partial charge in [0.2, 0.25) is 0 Å². The van der Waals surface area contributed by atoms with Crippen LogP contribution in [0.4, 0.5) is 0 Å². The first-order valence-corrected chi connectivity index (χ1v) is 12.5. The summed E-state index contributed by atoms with van der Waals surface area (Å²) in [7, 11) is -7.67. The Morgan fingerprint density at radius 2 is 1.50 bits per heavy atom. The van der Waals surface area contributed by atoms with Crippen molar-refractivity contribution in [3.05, 3.63) is 29.8 Å². The SMILES string of the molecule is CCCOCCNCCS(=O)(=O)c1ccc(CCS(=O)(=O)[O-])cc1.O=S([O-])[O-].[Na+].[Na+]. The molecule has 0 radical (unpaired) electrons. The maximum absolute atomic E-state index is 12.2. The summed E-state index contributed by atoms with van der Waals surface area (Å²) in [5.74, 6) is -0.530. The van der Waals surface area contributed by atoms with E-state index in [0.717, 1.165) is 6.42 Å². The minimum atomic E-state index is -4.27. The molecule has 1 aromatic carbocycles. The number of sulfone groups is 1.